The Hall–Kier alpha value is -2.34. The summed E-state index contributed by atoms with van der Waals surface area (Å²) in [5, 5.41) is 16.2. The SMILES string of the molecule is COC(=O)[C@H]1[C@@H](c2ccc(C)cc2)c2c([nH][nH]c2=O)C[C@@]1(C)O. The number of aryl methyl sites for hydroxylation is 1. The van der Waals surface area contributed by atoms with Crippen LogP contribution in [0.25, 0.3) is 0 Å². The molecule has 0 amide bonds. The summed E-state index contributed by atoms with van der Waals surface area (Å²) >= 11 is 0. The zero-order valence-electron chi connectivity index (χ0n) is 13.3. The molecule has 1 heterocycles. The van der Waals surface area contributed by atoms with Gasteiger partial charge in [-0.15, -0.1) is 0 Å². The summed E-state index contributed by atoms with van der Waals surface area (Å²) in [7, 11) is 1.29. The molecule has 0 saturated carbocycles. The Balaban J connectivity index is 2.24. The Morgan fingerprint density at radius 1 is 1.30 bits per heavy atom. The maximum absolute atomic E-state index is 12.4. The van der Waals surface area contributed by atoms with Crippen molar-refractivity contribution >= 4 is 5.97 Å². The molecule has 3 rings (SSSR count). The van der Waals surface area contributed by atoms with Crippen LogP contribution in [0.15, 0.2) is 29.1 Å². The molecule has 0 saturated heterocycles. The molecule has 122 valence electrons. The van der Waals surface area contributed by atoms with Crippen molar-refractivity contribution < 1.29 is 14.6 Å². The fourth-order valence-corrected chi connectivity index (χ4v) is 3.52. The second kappa shape index (κ2) is 5.38. The molecule has 1 aliphatic carbocycles. The lowest BCUT2D eigenvalue weighted by Crippen LogP contribution is -2.49. The second-order valence-electron chi connectivity index (χ2n) is 6.39. The standard InChI is InChI=1S/C17H20N2O4/c1-9-4-6-10(7-5-9)12-13-11(18-19-15(13)20)8-17(2,22)14(12)16(21)23-3/h4-7,12,14,22H,8H2,1-3H3,(H2,18,19,20)/t12-,14+,17+/m0/s1. The van der Waals surface area contributed by atoms with Gasteiger partial charge in [-0.2, -0.15) is 0 Å². The summed E-state index contributed by atoms with van der Waals surface area (Å²) in [6.07, 6.45) is 0.184. The highest BCUT2D eigenvalue weighted by molar-refractivity contribution is 5.77. The van der Waals surface area contributed by atoms with Gasteiger partial charge in [-0.1, -0.05) is 29.8 Å². The molecule has 6 nitrogen and oxygen atoms in total. The van der Waals surface area contributed by atoms with E-state index in [1.165, 1.54) is 7.11 Å². The van der Waals surface area contributed by atoms with Gasteiger partial charge in [-0.3, -0.25) is 14.7 Å². The van der Waals surface area contributed by atoms with Crippen molar-refractivity contribution in [2.24, 2.45) is 5.92 Å². The van der Waals surface area contributed by atoms with Crippen LogP contribution in [0.4, 0.5) is 0 Å². The number of ether oxygens (including phenoxy) is 1. The van der Waals surface area contributed by atoms with Gasteiger partial charge in [0.15, 0.2) is 0 Å². The lowest BCUT2D eigenvalue weighted by molar-refractivity contribution is -0.156. The van der Waals surface area contributed by atoms with Crippen molar-refractivity contribution in [3.8, 4) is 0 Å². The number of rotatable bonds is 2. The van der Waals surface area contributed by atoms with Gasteiger partial charge in [0, 0.05) is 23.6 Å². The van der Waals surface area contributed by atoms with Crippen LogP contribution in [0.3, 0.4) is 0 Å². The zero-order chi connectivity index (χ0) is 16.8. The molecule has 1 aromatic carbocycles. The molecule has 0 bridgehead atoms. The smallest absolute Gasteiger partial charge is 0.312 e. The van der Waals surface area contributed by atoms with Gasteiger partial charge in [-0.05, 0) is 19.4 Å². The van der Waals surface area contributed by atoms with Crippen molar-refractivity contribution in [3.05, 3.63) is 57.0 Å². The normalized spacial score (nSPS) is 26.6. The maximum atomic E-state index is 12.4. The topological polar surface area (TPSA) is 95.2 Å². The minimum Gasteiger partial charge on any atom is -0.469 e. The van der Waals surface area contributed by atoms with Crippen LogP contribution in [0.1, 0.15) is 35.2 Å². The van der Waals surface area contributed by atoms with Crippen molar-refractivity contribution in [1.29, 1.82) is 0 Å². The first kappa shape index (κ1) is 15.6. The van der Waals surface area contributed by atoms with Gasteiger partial charge in [0.05, 0.1) is 18.6 Å². The van der Waals surface area contributed by atoms with E-state index in [9.17, 15) is 14.7 Å². The largest absolute Gasteiger partial charge is 0.469 e. The molecule has 2 aromatic rings. The molecule has 1 aliphatic rings. The highest BCUT2D eigenvalue weighted by Crippen LogP contribution is 2.44. The Morgan fingerprint density at radius 3 is 2.57 bits per heavy atom. The number of H-pyrrole nitrogens is 2. The molecule has 6 heteroatoms. The first-order valence-corrected chi connectivity index (χ1v) is 7.51. The van der Waals surface area contributed by atoms with E-state index in [4.69, 9.17) is 4.74 Å². The quantitative estimate of drug-likeness (QED) is 0.726. The molecule has 0 fully saturated rings. The molecule has 0 unspecified atom stereocenters. The van der Waals surface area contributed by atoms with Gasteiger partial charge in [0.25, 0.3) is 5.56 Å². The first-order chi connectivity index (χ1) is 10.8. The molecular weight excluding hydrogens is 296 g/mol. The summed E-state index contributed by atoms with van der Waals surface area (Å²) in [6.45, 7) is 3.57. The maximum Gasteiger partial charge on any atom is 0.312 e. The fraction of sp³-hybridized carbons (Fsp3) is 0.412. The third-order valence-corrected chi connectivity index (χ3v) is 4.64. The van der Waals surface area contributed by atoms with Crippen LogP contribution >= 0.6 is 0 Å². The van der Waals surface area contributed by atoms with E-state index in [1.807, 2.05) is 31.2 Å². The number of aromatic amines is 2. The van der Waals surface area contributed by atoms with Crippen LogP contribution in [0.2, 0.25) is 0 Å². The summed E-state index contributed by atoms with van der Waals surface area (Å²) in [5.74, 6) is -1.93. The number of carbonyl (C=O) groups excluding carboxylic acids is 1. The number of aliphatic hydroxyl groups is 1. The Morgan fingerprint density at radius 2 is 1.96 bits per heavy atom. The van der Waals surface area contributed by atoms with E-state index < -0.39 is 23.4 Å². The van der Waals surface area contributed by atoms with Gasteiger partial charge in [0.1, 0.15) is 0 Å². The minimum atomic E-state index is -1.32. The van der Waals surface area contributed by atoms with Crippen LogP contribution in [-0.4, -0.2) is 34.0 Å². The van der Waals surface area contributed by atoms with E-state index in [1.54, 1.807) is 6.92 Å². The number of nitrogens with one attached hydrogen (secondary N) is 2. The highest BCUT2D eigenvalue weighted by Gasteiger charge is 2.50. The van der Waals surface area contributed by atoms with Crippen molar-refractivity contribution in [2.45, 2.75) is 31.8 Å². The summed E-state index contributed by atoms with van der Waals surface area (Å²) in [4.78, 5) is 24.6. The molecule has 3 atom stereocenters. The van der Waals surface area contributed by atoms with Crippen molar-refractivity contribution in [2.75, 3.05) is 7.11 Å². The van der Waals surface area contributed by atoms with Gasteiger partial charge < -0.3 is 14.9 Å². The van der Waals surface area contributed by atoms with Crippen LogP contribution in [-0.2, 0) is 16.0 Å². The van der Waals surface area contributed by atoms with E-state index in [0.29, 0.717) is 11.3 Å². The lowest BCUT2D eigenvalue weighted by atomic mass is 9.66. The summed E-state index contributed by atoms with van der Waals surface area (Å²) in [6, 6.07) is 7.61. The first-order valence-electron chi connectivity index (χ1n) is 7.51. The van der Waals surface area contributed by atoms with E-state index in [-0.39, 0.29) is 12.0 Å². The molecule has 3 N–H and O–H groups in total. The Kier molecular flexibility index (Phi) is 3.64. The number of hydrogen-bond acceptors (Lipinski definition) is 4. The molecule has 0 spiro atoms. The number of carbonyl (C=O) groups is 1. The van der Waals surface area contributed by atoms with Crippen LogP contribution in [0.5, 0.6) is 0 Å². The molecular formula is C17H20N2O4. The van der Waals surface area contributed by atoms with Gasteiger partial charge in [0.2, 0.25) is 0 Å². The Labute approximate surface area is 133 Å². The minimum absolute atomic E-state index is 0.184. The number of aromatic nitrogens is 2. The summed E-state index contributed by atoms with van der Waals surface area (Å²) in [5.41, 5.74) is 1.42. The molecule has 0 radical (unpaired) electrons. The van der Waals surface area contributed by atoms with Crippen LogP contribution in [0, 0.1) is 12.8 Å². The van der Waals surface area contributed by atoms with E-state index in [0.717, 1.165) is 11.1 Å². The van der Waals surface area contributed by atoms with E-state index >= 15 is 0 Å². The predicted octanol–water partition coefficient (Wildman–Crippen LogP) is 1.24. The second-order valence-corrected chi connectivity index (χ2v) is 6.39. The van der Waals surface area contributed by atoms with Crippen molar-refractivity contribution in [3.63, 3.8) is 0 Å². The molecule has 23 heavy (non-hydrogen) atoms. The van der Waals surface area contributed by atoms with Crippen LogP contribution < -0.4 is 5.56 Å². The van der Waals surface area contributed by atoms with Crippen molar-refractivity contribution in [1.82, 2.24) is 10.2 Å². The monoisotopic (exact) mass is 316 g/mol. The Bertz CT molecular complexity index is 786. The third-order valence-electron chi connectivity index (χ3n) is 4.64. The molecule has 1 aromatic heterocycles. The molecule has 0 aliphatic heterocycles. The summed E-state index contributed by atoms with van der Waals surface area (Å²) < 4.78 is 4.91. The zero-order valence-corrected chi connectivity index (χ0v) is 13.3. The predicted molar refractivity (Wildman–Crippen MR) is 84.3 cm³/mol. The fourth-order valence-electron chi connectivity index (χ4n) is 3.52. The highest BCUT2D eigenvalue weighted by atomic mass is 16.5. The van der Waals surface area contributed by atoms with E-state index in [2.05, 4.69) is 10.2 Å². The number of methoxy groups -OCH3 is 1. The average molecular weight is 316 g/mol. The number of esters is 1. The average Bonchev–Trinajstić information content (AvgIpc) is 2.85. The van der Waals surface area contributed by atoms with Gasteiger partial charge in [-0.25, -0.2) is 0 Å². The number of hydrogen-bond donors (Lipinski definition) is 3. The third kappa shape index (κ3) is 2.49. The van der Waals surface area contributed by atoms with Gasteiger partial charge >= 0.3 is 5.97 Å². The lowest BCUT2D eigenvalue weighted by Gasteiger charge is -2.40. The number of fused-ring (bicyclic) bond motifs is 1. The number of benzene rings is 1.